The number of fused-ring (bicyclic) bond motifs is 1. The van der Waals surface area contributed by atoms with Crippen LogP contribution in [0.4, 0.5) is 0 Å². The van der Waals surface area contributed by atoms with Crippen molar-refractivity contribution in [3.8, 4) is 5.75 Å². The van der Waals surface area contributed by atoms with E-state index in [2.05, 4.69) is 21.2 Å². The van der Waals surface area contributed by atoms with Gasteiger partial charge in [-0.05, 0) is 36.6 Å². The van der Waals surface area contributed by atoms with Crippen LogP contribution in [0.25, 0.3) is 0 Å². The van der Waals surface area contributed by atoms with E-state index < -0.39 is 29.4 Å². The number of carboxylic acids is 1. The Morgan fingerprint density at radius 2 is 1.83 bits per heavy atom. The maximum Gasteiger partial charge on any atom is 0.325 e. The molecule has 0 aromatic heterocycles. The molecule has 2 aromatic rings. The summed E-state index contributed by atoms with van der Waals surface area (Å²) in [5, 5.41) is 13.9. The monoisotopic (exact) mass is 540 g/mol. The second-order valence-corrected chi connectivity index (χ2v) is 10.7. The Balaban J connectivity index is 1.65. The van der Waals surface area contributed by atoms with Crippen molar-refractivity contribution < 1.29 is 24.2 Å². The van der Waals surface area contributed by atoms with E-state index in [0.717, 1.165) is 42.1 Å². The predicted molar refractivity (Wildman–Crippen MR) is 133 cm³/mol. The van der Waals surface area contributed by atoms with E-state index in [4.69, 9.17) is 4.74 Å². The van der Waals surface area contributed by atoms with Gasteiger partial charge < -0.3 is 9.84 Å². The number of nitrogens with zero attached hydrogens (tertiary/aromatic N) is 1. The molecule has 184 valence electrons. The van der Waals surface area contributed by atoms with E-state index in [9.17, 15) is 19.5 Å². The average molecular weight is 541 g/mol. The molecule has 2 amide bonds. The number of methoxy groups -OCH3 is 1. The van der Waals surface area contributed by atoms with Crippen molar-refractivity contribution in [2.75, 3.05) is 7.11 Å². The summed E-state index contributed by atoms with van der Waals surface area (Å²) < 4.78 is 6.38. The van der Waals surface area contributed by atoms with Crippen molar-refractivity contribution in [2.45, 2.75) is 56.1 Å². The fourth-order valence-electron chi connectivity index (χ4n) is 6.29. The van der Waals surface area contributed by atoms with E-state index in [0.29, 0.717) is 11.3 Å². The van der Waals surface area contributed by atoms with Crippen LogP contribution in [0.2, 0.25) is 0 Å². The number of carbonyl (C=O) groups is 3. The van der Waals surface area contributed by atoms with Gasteiger partial charge in [0.25, 0.3) is 0 Å². The summed E-state index contributed by atoms with van der Waals surface area (Å²) in [4.78, 5) is 42.3. The lowest BCUT2D eigenvalue weighted by Crippen LogP contribution is -2.58. The molecule has 4 unspecified atom stereocenters. The number of carbonyl (C=O) groups excluding carboxylic acids is 2. The van der Waals surface area contributed by atoms with Gasteiger partial charge in [-0.15, -0.1) is 0 Å². The Morgan fingerprint density at radius 1 is 1.11 bits per heavy atom. The smallest absolute Gasteiger partial charge is 0.325 e. The molecule has 2 saturated heterocycles. The molecule has 1 aliphatic carbocycles. The summed E-state index contributed by atoms with van der Waals surface area (Å²) in [7, 11) is 1.55. The summed E-state index contributed by atoms with van der Waals surface area (Å²) in [5.74, 6) is -3.06. The number of halogens is 1. The summed E-state index contributed by atoms with van der Waals surface area (Å²) in [6, 6.07) is 13.9. The lowest BCUT2D eigenvalue weighted by Gasteiger charge is -2.34. The summed E-state index contributed by atoms with van der Waals surface area (Å²) in [5.41, 5.74) is -0.167. The molecule has 4 atom stereocenters. The van der Waals surface area contributed by atoms with Gasteiger partial charge in [0.15, 0.2) is 0 Å². The largest absolute Gasteiger partial charge is 0.496 e. The molecule has 3 fully saturated rings. The molecule has 2 heterocycles. The molecule has 2 aromatic carbocycles. The van der Waals surface area contributed by atoms with E-state index in [-0.39, 0.29) is 24.3 Å². The molecule has 5 rings (SSSR count). The zero-order valence-electron chi connectivity index (χ0n) is 19.6. The first-order valence-corrected chi connectivity index (χ1v) is 12.9. The second-order valence-electron chi connectivity index (χ2n) is 9.79. The minimum Gasteiger partial charge on any atom is -0.496 e. The fourth-order valence-corrected chi connectivity index (χ4v) is 6.67. The van der Waals surface area contributed by atoms with Crippen molar-refractivity contribution in [1.29, 1.82) is 0 Å². The maximum absolute atomic E-state index is 14.0. The number of hydrogen-bond acceptors (Lipinski definition) is 5. The summed E-state index contributed by atoms with van der Waals surface area (Å²) >= 11 is 3.50. The quantitative estimate of drug-likeness (QED) is 0.535. The molecule has 3 aliphatic rings. The number of carboxylic acid groups (broad SMARTS) is 1. The summed E-state index contributed by atoms with van der Waals surface area (Å²) in [6.45, 7) is 0. The van der Waals surface area contributed by atoms with Crippen molar-refractivity contribution in [2.24, 2.45) is 11.8 Å². The van der Waals surface area contributed by atoms with Crippen molar-refractivity contribution >= 4 is 33.7 Å². The Labute approximate surface area is 213 Å². The van der Waals surface area contributed by atoms with Gasteiger partial charge in [-0.3, -0.25) is 24.6 Å². The van der Waals surface area contributed by atoms with E-state index in [1.54, 1.807) is 13.2 Å². The molecular weight excluding hydrogens is 512 g/mol. The Hall–Kier alpha value is -2.71. The van der Waals surface area contributed by atoms with Crippen LogP contribution < -0.4 is 10.1 Å². The highest BCUT2D eigenvalue weighted by Crippen LogP contribution is 2.52. The van der Waals surface area contributed by atoms with Gasteiger partial charge in [0.05, 0.1) is 18.9 Å². The highest BCUT2D eigenvalue weighted by molar-refractivity contribution is 9.10. The summed E-state index contributed by atoms with van der Waals surface area (Å²) in [6.07, 6.45) is 4.65. The van der Waals surface area contributed by atoms with Crippen molar-refractivity contribution in [1.82, 2.24) is 10.2 Å². The van der Waals surface area contributed by atoms with Crippen molar-refractivity contribution in [3.05, 3.63) is 64.1 Å². The first kappa shape index (κ1) is 24.0. The fraction of sp³-hybridized carbons (Fsp3) is 0.444. The number of ether oxygens (including phenoxy) is 1. The Morgan fingerprint density at radius 3 is 2.49 bits per heavy atom. The third kappa shape index (κ3) is 3.96. The van der Waals surface area contributed by atoms with Crippen LogP contribution in [0.15, 0.2) is 53.0 Å². The lowest BCUT2D eigenvalue weighted by atomic mass is 9.76. The zero-order valence-corrected chi connectivity index (χ0v) is 21.2. The number of imide groups is 1. The lowest BCUT2D eigenvalue weighted by molar-refractivity contribution is -0.152. The van der Waals surface area contributed by atoms with Crippen LogP contribution in [-0.2, 0) is 20.8 Å². The predicted octanol–water partition coefficient (Wildman–Crippen LogP) is 4.10. The molecule has 2 aliphatic heterocycles. The van der Waals surface area contributed by atoms with Crippen molar-refractivity contribution in [3.63, 3.8) is 0 Å². The van der Waals surface area contributed by atoms with Gasteiger partial charge in [0, 0.05) is 28.5 Å². The van der Waals surface area contributed by atoms with Crippen LogP contribution in [0.3, 0.4) is 0 Å². The van der Waals surface area contributed by atoms with Gasteiger partial charge >= 0.3 is 5.97 Å². The maximum atomic E-state index is 14.0. The molecule has 1 saturated carbocycles. The number of rotatable bonds is 6. The molecule has 8 heteroatoms. The van der Waals surface area contributed by atoms with E-state index >= 15 is 0 Å². The Bertz CT molecular complexity index is 1150. The minimum atomic E-state index is -1.62. The third-order valence-electron chi connectivity index (χ3n) is 7.86. The van der Waals surface area contributed by atoms with Crippen LogP contribution in [0.5, 0.6) is 5.75 Å². The topological polar surface area (TPSA) is 95.9 Å². The van der Waals surface area contributed by atoms with E-state index in [1.807, 2.05) is 42.5 Å². The van der Waals surface area contributed by atoms with Gasteiger partial charge in [0.2, 0.25) is 11.8 Å². The molecule has 7 nitrogen and oxygen atoms in total. The van der Waals surface area contributed by atoms with Crippen LogP contribution in [-0.4, -0.2) is 46.5 Å². The van der Waals surface area contributed by atoms with Gasteiger partial charge in [-0.25, -0.2) is 0 Å². The molecule has 2 N–H and O–H groups in total. The number of likely N-dealkylation sites (tertiary alicyclic amines) is 1. The molecule has 0 radical (unpaired) electrons. The minimum absolute atomic E-state index is 0.0919. The van der Waals surface area contributed by atoms with Crippen LogP contribution in [0, 0.1) is 11.8 Å². The highest BCUT2D eigenvalue weighted by Gasteiger charge is 2.69. The number of amides is 2. The molecule has 35 heavy (non-hydrogen) atoms. The first-order valence-electron chi connectivity index (χ1n) is 12.1. The number of nitrogens with one attached hydrogen (secondary N) is 1. The van der Waals surface area contributed by atoms with Gasteiger partial charge in [-0.2, -0.15) is 0 Å². The number of aliphatic carboxylic acids is 1. The SMILES string of the molecule is COc1ccc(Br)cc1C1NC(Cc2ccccc2)(C(=O)O)C2C(=O)N(C3CCCCC3)C(=O)C12. The molecule has 0 spiro atoms. The number of hydrogen-bond donors (Lipinski definition) is 2. The normalized spacial score (nSPS) is 28.9. The van der Waals surface area contributed by atoms with Gasteiger partial charge in [-0.1, -0.05) is 65.5 Å². The first-order chi connectivity index (χ1) is 16.9. The highest BCUT2D eigenvalue weighted by atomic mass is 79.9. The molecule has 0 bridgehead atoms. The standard InChI is InChI=1S/C27H29BrN2O5/c1-35-20-13-12-17(28)14-19(20)23-21-22(25(32)30(24(21)31)18-10-6-3-7-11-18)27(29-23,26(33)34)15-16-8-4-2-5-9-16/h2,4-5,8-9,12-14,18,21-23,29H,3,6-7,10-11,15H2,1H3,(H,33,34). The average Bonchev–Trinajstić information content (AvgIpc) is 3.34. The zero-order chi connectivity index (χ0) is 24.7. The van der Waals surface area contributed by atoms with Crippen LogP contribution in [0.1, 0.15) is 49.3 Å². The van der Waals surface area contributed by atoms with Crippen LogP contribution >= 0.6 is 15.9 Å². The Kier molecular flexibility index (Phi) is 6.44. The number of benzene rings is 2. The van der Waals surface area contributed by atoms with Gasteiger partial charge in [0.1, 0.15) is 11.3 Å². The third-order valence-corrected chi connectivity index (χ3v) is 8.36. The van der Waals surface area contributed by atoms with E-state index in [1.165, 1.54) is 4.90 Å². The second kappa shape index (κ2) is 9.39. The molecular formula is C27H29BrN2O5.